The molecular weight excluding hydrogens is 420 g/mol. The first-order valence-electron chi connectivity index (χ1n) is 11.7. The van der Waals surface area contributed by atoms with Gasteiger partial charge in [0.1, 0.15) is 5.69 Å². The zero-order valence-corrected chi connectivity index (χ0v) is 18.7. The molecule has 2 aliphatic rings. The van der Waals surface area contributed by atoms with Gasteiger partial charge in [-0.25, -0.2) is 0 Å². The highest BCUT2D eigenvalue weighted by atomic mass is 16.6. The van der Waals surface area contributed by atoms with Crippen LogP contribution in [0.1, 0.15) is 48.9 Å². The van der Waals surface area contributed by atoms with Gasteiger partial charge in [-0.1, -0.05) is 31.0 Å². The van der Waals surface area contributed by atoms with E-state index in [0.29, 0.717) is 31.6 Å². The third kappa shape index (κ3) is 5.50. The number of hydrogen-bond donors (Lipinski definition) is 1. The number of likely N-dealkylation sites (tertiary alicyclic amines) is 2. The van der Waals surface area contributed by atoms with Crippen molar-refractivity contribution >= 4 is 28.9 Å². The lowest BCUT2D eigenvalue weighted by Crippen LogP contribution is -2.44. The van der Waals surface area contributed by atoms with Crippen molar-refractivity contribution in [3.63, 3.8) is 0 Å². The maximum Gasteiger partial charge on any atom is 0.293 e. The third-order valence-electron chi connectivity index (χ3n) is 6.54. The minimum absolute atomic E-state index is 0.0427. The van der Waals surface area contributed by atoms with Crippen molar-refractivity contribution in [2.24, 2.45) is 5.92 Å². The third-order valence-corrected chi connectivity index (χ3v) is 6.54. The monoisotopic (exact) mass is 450 g/mol. The molecule has 2 amide bonds. The molecular formula is C25H30N4O4. The molecule has 0 unspecified atom stereocenters. The first kappa shape index (κ1) is 22.8. The molecule has 4 rings (SSSR count). The molecule has 0 radical (unpaired) electrons. The van der Waals surface area contributed by atoms with Crippen molar-refractivity contribution < 1.29 is 14.5 Å². The summed E-state index contributed by atoms with van der Waals surface area (Å²) in [5.41, 5.74) is 1.22. The fourth-order valence-electron chi connectivity index (χ4n) is 4.66. The molecule has 2 heterocycles. The van der Waals surface area contributed by atoms with Gasteiger partial charge in [0.25, 0.3) is 11.6 Å². The van der Waals surface area contributed by atoms with Crippen LogP contribution in [0.25, 0.3) is 0 Å². The number of piperidine rings is 1. The molecule has 0 atom stereocenters. The molecule has 0 spiro atoms. The van der Waals surface area contributed by atoms with E-state index in [1.54, 1.807) is 17.0 Å². The van der Waals surface area contributed by atoms with Gasteiger partial charge in [-0.2, -0.15) is 0 Å². The van der Waals surface area contributed by atoms with Gasteiger partial charge >= 0.3 is 0 Å². The van der Waals surface area contributed by atoms with Crippen LogP contribution in [0.5, 0.6) is 0 Å². The zero-order chi connectivity index (χ0) is 23.2. The Kier molecular flexibility index (Phi) is 7.22. The van der Waals surface area contributed by atoms with Gasteiger partial charge in [0, 0.05) is 49.4 Å². The summed E-state index contributed by atoms with van der Waals surface area (Å²) < 4.78 is 0. The average molecular weight is 451 g/mol. The maximum absolute atomic E-state index is 13.1. The number of rotatable bonds is 5. The predicted molar refractivity (Wildman–Crippen MR) is 126 cm³/mol. The van der Waals surface area contributed by atoms with E-state index >= 15 is 0 Å². The average Bonchev–Trinajstić information content (AvgIpc) is 3.14. The molecule has 8 nitrogen and oxygen atoms in total. The topological polar surface area (TPSA) is 95.8 Å². The fraction of sp³-hybridized carbons (Fsp3) is 0.440. The van der Waals surface area contributed by atoms with E-state index < -0.39 is 4.92 Å². The highest BCUT2D eigenvalue weighted by Crippen LogP contribution is 2.30. The highest BCUT2D eigenvalue weighted by molar-refractivity contribution is 5.96. The van der Waals surface area contributed by atoms with Crippen LogP contribution in [0.15, 0.2) is 48.5 Å². The molecule has 2 saturated heterocycles. The van der Waals surface area contributed by atoms with Crippen molar-refractivity contribution in [3.8, 4) is 0 Å². The minimum atomic E-state index is -0.478. The van der Waals surface area contributed by atoms with Crippen molar-refractivity contribution in [1.82, 2.24) is 9.80 Å². The quantitative estimate of drug-likeness (QED) is 0.531. The molecule has 2 fully saturated rings. The Labute approximate surface area is 193 Å². The Bertz CT molecular complexity index is 995. The summed E-state index contributed by atoms with van der Waals surface area (Å²) >= 11 is 0. The molecule has 174 valence electrons. The number of anilines is 2. The largest absolute Gasteiger partial charge is 0.350 e. The van der Waals surface area contributed by atoms with Crippen LogP contribution >= 0.6 is 0 Å². The van der Waals surface area contributed by atoms with Gasteiger partial charge in [0.05, 0.1) is 4.92 Å². The summed E-state index contributed by atoms with van der Waals surface area (Å²) in [4.78, 5) is 40.8. The molecule has 33 heavy (non-hydrogen) atoms. The van der Waals surface area contributed by atoms with Crippen LogP contribution in [0, 0.1) is 16.0 Å². The Hall–Kier alpha value is -3.42. The number of carbonyl (C=O) groups is 2. The lowest BCUT2D eigenvalue weighted by molar-refractivity contribution is -0.383. The standard InChI is InChI=1S/C25H30N4O4/c30-24(27-14-6-1-2-7-15-27)19-12-16-28(17-13-19)25(31)20-10-11-22(23(18-20)29(32)33)26-21-8-4-3-5-9-21/h3-5,8-11,18-19,26H,1-2,6-7,12-17H2. The second-order valence-electron chi connectivity index (χ2n) is 8.79. The van der Waals surface area contributed by atoms with Crippen molar-refractivity contribution in [2.45, 2.75) is 38.5 Å². The number of amides is 2. The summed E-state index contributed by atoms with van der Waals surface area (Å²) in [6.07, 6.45) is 5.77. The van der Waals surface area contributed by atoms with Gasteiger partial charge in [0.15, 0.2) is 0 Å². The van der Waals surface area contributed by atoms with Crippen LogP contribution < -0.4 is 5.32 Å². The summed E-state index contributed by atoms with van der Waals surface area (Å²) in [5, 5.41) is 14.7. The molecule has 1 N–H and O–H groups in total. The molecule has 2 aromatic rings. The molecule has 8 heteroatoms. The lowest BCUT2D eigenvalue weighted by Gasteiger charge is -2.34. The number of nitrogens with zero attached hydrogens (tertiary/aromatic N) is 3. The number of benzene rings is 2. The number of nitrogens with one attached hydrogen (secondary N) is 1. The minimum Gasteiger partial charge on any atom is -0.350 e. The van der Waals surface area contributed by atoms with Gasteiger partial charge in [-0.15, -0.1) is 0 Å². The van der Waals surface area contributed by atoms with Crippen LogP contribution in [0.4, 0.5) is 17.1 Å². The van der Waals surface area contributed by atoms with Crippen LogP contribution in [-0.2, 0) is 4.79 Å². The lowest BCUT2D eigenvalue weighted by atomic mass is 9.94. The summed E-state index contributed by atoms with van der Waals surface area (Å²) in [6, 6.07) is 13.7. The van der Waals surface area contributed by atoms with E-state index in [1.807, 2.05) is 35.2 Å². The Morgan fingerprint density at radius 1 is 0.879 bits per heavy atom. The number of nitro groups is 1. The van der Waals surface area contributed by atoms with Crippen LogP contribution in [0.3, 0.4) is 0 Å². The molecule has 2 aliphatic heterocycles. The number of para-hydroxylation sites is 1. The van der Waals surface area contributed by atoms with Crippen LogP contribution in [0.2, 0.25) is 0 Å². The van der Waals surface area contributed by atoms with Crippen molar-refractivity contribution in [1.29, 1.82) is 0 Å². The second kappa shape index (κ2) is 10.5. The van der Waals surface area contributed by atoms with Gasteiger partial charge < -0.3 is 15.1 Å². The van der Waals surface area contributed by atoms with Crippen molar-refractivity contribution in [3.05, 3.63) is 64.2 Å². The van der Waals surface area contributed by atoms with Crippen molar-refractivity contribution in [2.75, 3.05) is 31.5 Å². The summed E-state index contributed by atoms with van der Waals surface area (Å²) in [5.74, 6) is -0.0556. The van der Waals surface area contributed by atoms with E-state index in [9.17, 15) is 19.7 Å². The smallest absolute Gasteiger partial charge is 0.293 e. The van der Waals surface area contributed by atoms with Gasteiger partial charge in [-0.05, 0) is 49.9 Å². The number of nitro benzene ring substituents is 1. The molecule has 2 aromatic carbocycles. The molecule has 0 saturated carbocycles. The van der Waals surface area contributed by atoms with E-state index in [0.717, 1.165) is 31.6 Å². The van der Waals surface area contributed by atoms with E-state index in [-0.39, 0.29) is 29.0 Å². The number of carbonyl (C=O) groups excluding carboxylic acids is 2. The Morgan fingerprint density at radius 2 is 1.55 bits per heavy atom. The highest BCUT2D eigenvalue weighted by Gasteiger charge is 2.31. The maximum atomic E-state index is 13.1. The Balaban J connectivity index is 1.40. The predicted octanol–water partition coefficient (Wildman–Crippen LogP) is 4.59. The SMILES string of the molecule is O=C(c1ccc(Nc2ccccc2)c([N+](=O)[O-])c1)N1CCC(C(=O)N2CCCCCC2)CC1. The molecule has 0 aromatic heterocycles. The second-order valence-corrected chi connectivity index (χ2v) is 8.79. The molecule has 0 bridgehead atoms. The van der Waals surface area contributed by atoms with E-state index in [2.05, 4.69) is 5.32 Å². The normalized spacial score (nSPS) is 17.3. The summed E-state index contributed by atoms with van der Waals surface area (Å²) in [7, 11) is 0. The Morgan fingerprint density at radius 3 is 2.18 bits per heavy atom. The fourth-order valence-corrected chi connectivity index (χ4v) is 4.66. The first-order chi connectivity index (χ1) is 16.0. The van der Waals surface area contributed by atoms with E-state index in [4.69, 9.17) is 0 Å². The zero-order valence-electron chi connectivity index (χ0n) is 18.7. The van der Waals surface area contributed by atoms with Gasteiger partial charge in [0.2, 0.25) is 5.91 Å². The summed E-state index contributed by atoms with van der Waals surface area (Å²) in [6.45, 7) is 2.65. The van der Waals surface area contributed by atoms with Gasteiger partial charge in [-0.3, -0.25) is 19.7 Å². The van der Waals surface area contributed by atoms with Crippen LogP contribution in [-0.4, -0.2) is 52.7 Å². The molecule has 0 aliphatic carbocycles. The van der Waals surface area contributed by atoms with E-state index in [1.165, 1.54) is 18.9 Å². The first-order valence-corrected chi connectivity index (χ1v) is 11.7. The number of hydrogen-bond acceptors (Lipinski definition) is 5.